The van der Waals surface area contributed by atoms with Crippen molar-refractivity contribution in [3.05, 3.63) is 81.1 Å². The van der Waals surface area contributed by atoms with Crippen LogP contribution in [0.15, 0.2) is 65.9 Å². The molecule has 0 saturated heterocycles. The van der Waals surface area contributed by atoms with Gasteiger partial charge in [0, 0.05) is 6.20 Å². The van der Waals surface area contributed by atoms with Crippen LogP contribution in [0.1, 0.15) is 16.7 Å². The summed E-state index contributed by atoms with van der Waals surface area (Å²) in [7, 11) is 1.55. The topological polar surface area (TPSA) is 55.7 Å². The molecular weight excluding hydrogens is 510 g/mol. The first-order valence-corrected chi connectivity index (χ1v) is 9.81. The number of ether oxygens (including phenoxy) is 2. The molecule has 156 valence electrons. The Morgan fingerprint density at radius 3 is 2.53 bits per heavy atom. The summed E-state index contributed by atoms with van der Waals surface area (Å²) in [5, 5.41) is 4.03. The van der Waals surface area contributed by atoms with Crippen molar-refractivity contribution >= 4 is 34.6 Å². The van der Waals surface area contributed by atoms with Gasteiger partial charge in [0.15, 0.2) is 11.5 Å². The summed E-state index contributed by atoms with van der Waals surface area (Å²) in [5.74, 6) is 1.37. The average molecular weight is 527 g/mol. The monoisotopic (exact) mass is 527 g/mol. The summed E-state index contributed by atoms with van der Waals surface area (Å²) >= 11 is 2.15. The molecule has 0 spiro atoms. The van der Waals surface area contributed by atoms with Gasteiger partial charge < -0.3 is 9.47 Å². The molecule has 0 radical (unpaired) electrons. The van der Waals surface area contributed by atoms with E-state index in [1.54, 1.807) is 13.2 Å². The lowest BCUT2D eigenvalue weighted by molar-refractivity contribution is -0.137. The summed E-state index contributed by atoms with van der Waals surface area (Å²) < 4.78 is 49.9. The van der Waals surface area contributed by atoms with Crippen molar-refractivity contribution < 1.29 is 22.6 Å². The summed E-state index contributed by atoms with van der Waals surface area (Å²) in [6.07, 6.45) is -2.15. The first-order chi connectivity index (χ1) is 14.4. The lowest BCUT2D eigenvalue weighted by Gasteiger charge is -2.13. The summed E-state index contributed by atoms with van der Waals surface area (Å²) in [5.41, 5.74) is 3.55. The largest absolute Gasteiger partial charge is 0.493 e. The van der Waals surface area contributed by atoms with E-state index in [0.717, 1.165) is 27.0 Å². The molecule has 3 rings (SSSR count). The van der Waals surface area contributed by atoms with Gasteiger partial charge in [0.2, 0.25) is 0 Å². The molecule has 1 N–H and O–H groups in total. The van der Waals surface area contributed by atoms with Crippen molar-refractivity contribution in [3.63, 3.8) is 0 Å². The zero-order valence-corrected chi connectivity index (χ0v) is 17.9. The second-order valence-electron chi connectivity index (χ2n) is 6.11. The van der Waals surface area contributed by atoms with Crippen LogP contribution >= 0.6 is 22.6 Å². The number of nitrogens with one attached hydrogen (secondary N) is 1. The Hall–Kier alpha value is -2.82. The fraction of sp³-hybridized carbons (Fsp3) is 0.143. The van der Waals surface area contributed by atoms with E-state index < -0.39 is 11.7 Å². The van der Waals surface area contributed by atoms with Crippen LogP contribution in [0.4, 0.5) is 19.0 Å². The van der Waals surface area contributed by atoms with E-state index in [2.05, 4.69) is 38.1 Å². The molecule has 9 heteroatoms. The van der Waals surface area contributed by atoms with Gasteiger partial charge in [-0.25, -0.2) is 4.98 Å². The highest BCUT2D eigenvalue weighted by Crippen LogP contribution is 2.34. The molecule has 0 atom stereocenters. The van der Waals surface area contributed by atoms with Crippen LogP contribution in [-0.2, 0) is 12.8 Å². The third-order valence-corrected chi connectivity index (χ3v) is 4.76. The Balaban J connectivity index is 1.68. The van der Waals surface area contributed by atoms with E-state index in [-0.39, 0.29) is 5.82 Å². The Morgan fingerprint density at radius 1 is 1.13 bits per heavy atom. The summed E-state index contributed by atoms with van der Waals surface area (Å²) in [6, 6.07) is 15.5. The number of anilines is 1. The maximum absolute atomic E-state index is 12.6. The molecule has 3 aromatic rings. The third kappa shape index (κ3) is 5.85. The molecule has 2 aromatic carbocycles. The van der Waals surface area contributed by atoms with Crippen LogP contribution in [-0.4, -0.2) is 18.3 Å². The molecule has 1 heterocycles. The molecule has 0 bridgehead atoms. The van der Waals surface area contributed by atoms with Crippen LogP contribution in [0.3, 0.4) is 0 Å². The van der Waals surface area contributed by atoms with Gasteiger partial charge in [0.1, 0.15) is 12.4 Å². The first-order valence-electron chi connectivity index (χ1n) is 8.73. The molecule has 0 aliphatic heterocycles. The maximum Gasteiger partial charge on any atom is 0.417 e. The standard InChI is InChI=1S/C21H17F3IN3O2/c1-29-18-10-15(9-17(25)20(18)30-13-14-5-3-2-4-6-14)11-27-28-19-8-7-16(12-26-19)21(22,23)24/h2-12H,13H2,1H3,(H,26,28)/b27-11-. The van der Waals surface area contributed by atoms with E-state index in [1.807, 2.05) is 36.4 Å². The van der Waals surface area contributed by atoms with Crippen LogP contribution in [0.25, 0.3) is 0 Å². The number of alkyl halides is 3. The summed E-state index contributed by atoms with van der Waals surface area (Å²) in [6.45, 7) is 0.405. The van der Waals surface area contributed by atoms with Crippen molar-refractivity contribution in [1.82, 2.24) is 4.98 Å². The highest BCUT2D eigenvalue weighted by Gasteiger charge is 2.30. The number of methoxy groups -OCH3 is 1. The lowest BCUT2D eigenvalue weighted by atomic mass is 10.2. The number of hydrogen-bond acceptors (Lipinski definition) is 5. The Bertz CT molecular complexity index is 1010. The molecule has 0 aliphatic rings. The molecular formula is C21H17F3IN3O2. The van der Waals surface area contributed by atoms with Crippen molar-refractivity contribution in [3.8, 4) is 11.5 Å². The number of nitrogens with zero attached hydrogens (tertiary/aromatic N) is 2. The van der Waals surface area contributed by atoms with Gasteiger partial charge in [-0.2, -0.15) is 18.3 Å². The van der Waals surface area contributed by atoms with E-state index in [1.165, 1.54) is 12.3 Å². The number of aromatic nitrogens is 1. The first kappa shape index (κ1) is 21.9. The van der Waals surface area contributed by atoms with Crippen molar-refractivity contribution in [1.29, 1.82) is 0 Å². The van der Waals surface area contributed by atoms with Crippen LogP contribution in [0.5, 0.6) is 11.5 Å². The van der Waals surface area contributed by atoms with Crippen LogP contribution in [0.2, 0.25) is 0 Å². The van der Waals surface area contributed by atoms with Crippen molar-refractivity contribution in [2.75, 3.05) is 12.5 Å². The van der Waals surface area contributed by atoms with Crippen LogP contribution < -0.4 is 14.9 Å². The van der Waals surface area contributed by atoms with Crippen LogP contribution in [0, 0.1) is 3.57 Å². The van der Waals surface area contributed by atoms with Gasteiger partial charge >= 0.3 is 6.18 Å². The number of rotatable bonds is 7. The SMILES string of the molecule is COc1cc(/C=N\Nc2ccc(C(F)(F)F)cn2)cc(I)c1OCc1ccccc1. The molecule has 0 saturated carbocycles. The minimum atomic E-state index is -4.42. The number of benzene rings is 2. The highest BCUT2D eigenvalue weighted by atomic mass is 127. The van der Waals surface area contributed by atoms with Crippen molar-refractivity contribution in [2.45, 2.75) is 12.8 Å². The molecule has 0 amide bonds. The predicted octanol–water partition coefficient (Wildman–Crippen LogP) is 5.74. The number of hydrogen-bond donors (Lipinski definition) is 1. The molecule has 1 aromatic heterocycles. The molecule has 0 fully saturated rings. The molecule has 5 nitrogen and oxygen atoms in total. The van der Waals surface area contributed by atoms with Crippen molar-refractivity contribution in [2.24, 2.45) is 5.10 Å². The second kappa shape index (κ2) is 9.79. The minimum absolute atomic E-state index is 0.198. The summed E-state index contributed by atoms with van der Waals surface area (Å²) in [4.78, 5) is 3.70. The number of pyridine rings is 1. The Kier molecular flexibility index (Phi) is 7.14. The van der Waals surface area contributed by atoms with Gasteiger partial charge in [-0.15, -0.1) is 0 Å². The predicted molar refractivity (Wildman–Crippen MR) is 117 cm³/mol. The molecule has 0 aliphatic carbocycles. The fourth-order valence-corrected chi connectivity index (χ4v) is 3.27. The molecule has 0 unspecified atom stereocenters. The number of halogens is 4. The van der Waals surface area contributed by atoms with E-state index in [0.29, 0.717) is 18.1 Å². The van der Waals surface area contributed by atoms with Gasteiger partial charge in [-0.3, -0.25) is 5.43 Å². The Morgan fingerprint density at radius 2 is 1.90 bits per heavy atom. The third-order valence-electron chi connectivity index (χ3n) is 3.96. The zero-order valence-electron chi connectivity index (χ0n) is 15.8. The Labute approximate surface area is 185 Å². The maximum atomic E-state index is 12.6. The second-order valence-corrected chi connectivity index (χ2v) is 7.27. The number of hydrazone groups is 1. The van der Waals surface area contributed by atoms with Gasteiger partial charge in [-0.1, -0.05) is 30.3 Å². The van der Waals surface area contributed by atoms with Gasteiger partial charge in [-0.05, 0) is 58.0 Å². The van der Waals surface area contributed by atoms with E-state index in [9.17, 15) is 13.2 Å². The highest BCUT2D eigenvalue weighted by molar-refractivity contribution is 14.1. The van der Waals surface area contributed by atoms with Gasteiger partial charge in [0.25, 0.3) is 0 Å². The zero-order chi connectivity index (χ0) is 21.6. The minimum Gasteiger partial charge on any atom is -0.493 e. The quantitative estimate of drug-likeness (QED) is 0.242. The normalized spacial score (nSPS) is 11.5. The molecule has 30 heavy (non-hydrogen) atoms. The van der Waals surface area contributed by atoms with E-state index >= 15 is 0 Å². The van der Waals surface area contributed by atoms with E-state index in [4.69, 9.17) is 9.47 Å². The smallest absolute Gasteiger partial charge is 0.417 e. The van der Waals surface area contributed by atoms with Gasteiger partial charge in [0.05, 0.1) is 22.5 Å². The average Bonchev–Trinajstić information content (AvgIpc) is 2.73. The lowest BCUT2D eigenvalue weighted by Crippen LogP contribution is -2.05. The fourth-order valence-electron chi connectivity index (χ4n) is 2.48.